The first kappa shape index (κ1) is 20.7. The van der Waals surface area contributed by atoms with E-state index in [4.69, 9.17) is 4.74 Å². The quantitative estimate of drug-likeness (QED) is 0.668. The van der Waals surface area contributed by atoms with Crippen LogP contribution in [0.2, 0.25) is 0 Å². The van der Waals surface area contributed by atoms with Crippen molar-refractivity contribution in [3.63, 3.8) is 0 Å². The number of hydrogen-bond acceptors (Lipinski definition) is 4. The van der Waals surface area contributed by atoms with E-state index in [9.17, 15) is 9.59 Å². The van der Waals surface area contributed by atoms with Crippen molar-refractivity contribution in [2.75, 3.05) is 20.2 Å². The summed E-state index contributed by atoms with van der Waals surface area (Å²) in [6.45, 7) is 1.53. The van der Waals surface area contributed by atoms with E-state index in [-0.39, 0.29) is 17.7 Å². The first-order valence-corrected chi connectivity index (χ1v) is 10.4. The van der Waals surface area contributed by atoms with Crippen molar-refractivity contribution in [1.82, 2.24) is 19.8 Å². The van der Waals surface area contributed by atoms with Crippen LogP contribution in [0.4, 0.5) is 0 Å². The van der Waals surface area contributed by atoms with Crippen LogP contribution < -0.4 is 10.1 Å². The third-order valence-corrected chi connectivity index (χ3v) is 5.60. The highest BCUT2D eigenvalue weighted by molar-refractivity contribution is 5.94. The highest BCUT2D eigenvalue weighted by Gasteiger charge is 2.30. The summed E-state index contributed by atoms with van der Waals surface area (Å²) in [4.78, 5) is 31.9. The molecule has 7 heteroatoms. The number of pyridine rings is 1. The number of carbonyl (C=O) groups excluding carboxylic acids is 2. The topological polar surface area (TPSA) is 76.5 Å². The van der Waals surface area contributed by atoms with Gasteiger partial charge in [-0.1, -0.05) is 12.1 Å². The van der Waals surface area contributed by atoms with Crippen LogP contribution in [0.5, 0.6) is 5.75 Å². The summed E-state index contributed by atoms with van der Waals surface area (Å²) >= 11 is 0. The number of ether oxygens (including phenoxy) is 1. The average Bonchev–Trinajstić information content (AvgIpc) is 3.33. The van der Waals surface area contributed by atoms with Crippen LogP contribution >= 0.6 is 0 Å². The minimum Gasteiger partial charge on any atom is -0.497 e. The molecule has 1 fully saturated rings. The van der Waals surface area contributed by atoms with E-state index in [0.29, 0.717) is 25.3 Å². The summed E-state index contributed by atoms with van der Waals surface area (Å²) in [6, 6.07) is 15.0. The van der Waals surface area contributed by atoms with E-state index in [1.165, 1.54) is 0 Å². The van der Waals surface area contributed by atoms with Gasteiger partial charge >= 0.3 is 0 Å². The monoisotopic (exact) mass is 418 g/mol. The lowest BCUT2D eigenvalue weighted by Gasteiger charge is -2.32. The van der Waals surface area contributed by atoms with E-state index in [1.54, 1.807) is 24.4 Å². The average molecular weight is 418 g/mol. The molecule has 0 spiro atoms. The number of hydrogen-bond donors (Lipinski definition) is 1. The number of methoxy groups -OCH3 is 1. The normalized spacial score (nSPS) is 16.0. The second-order valence-corrected chi connectivity index (χ2v) is 7.63. The van der Waals surface area contributed by atoms with Gasteiger partial charge in [-0.2, -0.15) is 0 Å². The van der Waals surface area contributed by atoms with Crippen LogP contribution in [0.15, 0.2) is 67.1 Å². The van der Waals surface area contributed by atoms with Crippen molar-refractivity contribution in [3.8, 4) is 11.4 Å². The largest absolute Gasteiger partial charge is 0.497 e. The van der Waals surface area contributed by atoms with Gasteiger partial charge in [0.1, 0.15) is 11.4 Å². The van der Waals surface area contributed by atoms with Gasteiger partial charge in [-0.15, -0.1) is 0 Å². The minimum atomic E-state index is -0.210. The minimum absolute atomic E-state index is 0.0176. The lowest BCUT2D eigenvalue weighted by atomic mass is 9.96. The summed E-state index contributed by atoms with van der Waals surface area (Å²) in [7, 11) is 1.63. The Balaban J connectivity index is 1.38. The van der Waals surface area contributed by atoms with E-state index < -0.39 is 0 Å². The molecule has 31 heavy (non-hydrogen) atoms. The van der Waals surface area contributed by atoms with E-state index >= 15 is 0 Å². The predicted octanol–water partition coefficient (Wildman–Crippen LogP) is 3.05. The maximum Gasteiger partial charge on any atom is 0.270 e. The Morgan fingerprint density at radius 1 is 1.16 bits per heavy atom. The van der Waals surface area contributed by atoms with Crippen molar-refractivity contribution in [2.24, 2.45) is 5.92 Å². The Morgan fingerprint density at radius 3 is 2.74 bits per heavy atom. The van der Waals surface area contributed by atoms with Gasteiger partial charge in [0.25, 0.3) is 5.91 Å². The van der Waals surface area contributed by atoms with Gasteiger partial charge in [-0.05, 0) is 54.8 Å². The summed E-state index contributed by atoms with van der Waals surface area (Å²) in [5.74, 6) is 0.489. The highest BCUT2D eigenvalue weighted by Crippen LogP contribution is 2.21. The molecule has 0 bridgehead atoms. The van der Waals surface area contributed by atoms with Crippen LogP contribution in [-0.2, 0) is 11.3 Å². The molecule has 3 heterocycles. The van der Waals surface area contributed by atoms with Gasteiger partial charge in [-0.3, -0.25) is 14.6 Å². The molecule has 3 aromatic rings. The van der Waals surface area contributed by atoms with E-state index in [2.05, 4.69) is 10.3 Å². The van der Waals surface area contributed by atoms with Crippen LogP contribution in [0.25, 0.3) is 5.69 Å². The number of aromatic nitrogens is 2. The fourth-order valence-electron chi connectivity index (χ4n) is 3.89. The number of nitrogens with one attached hydrogen (secondary N) is 1. The van der Waals surface area contributed by atoms with Gasteiger partial charge in [-0.25, -0.2) is 0 Å². The first-order valence-electron chi connectivity index (χ1n) is 10.4. The number of piperidine rings is 1. The number of likely N-dealkylation sites (tertiary alicyclic amines) is 1. The number of amides is 2. The molecule has 1 aliphatic heterocycles. The predicted molar refractivity (Wildman–Crippen MR) is 117 cm³/mol. The van der Waals surface area contributed by atoms with Gasteiger partial charge in [0.15, 0.2) is 0 Å². The van der Waals surface area contributed by atoms with Gasteiger partial charge < -0.3 is 19.5 Å². The fraction of sp³-hybridized carbons (Fsp3) is 0.292. The van der Waals surface area contributed by atoms with Gasteiger partial charge in [0.05, 0.1) is 24.9 Å². The zero-order valence-electron chi connectivity index (χ0n) is 17.5. The Morgan fingerprint density at radius 2 is 2.00 bits per heavy atom. The molecule has 2 amide bonds. The molecular formula is C24H26N4O3. The fourth-order valence-corrected chi connectivity index (χ4v) is 3.89. The Hall–Kier alpha value is -3.61. The maximum absolute atomic E-state index is 13.2. The summed E-state index contributed by atoms with van der Waals surface area (Å²) in [6.07, 6.45) is 6.87. The van der Waals surface area contributed by atoms with Gasteiger partial charge in [0, 0.05) is 32.0 Å². The number of rotatable bonds is 6. The van der Waals surface area contributed by atoms with E-state index in [1.807, 2.05) is 59.3 Å². The molecule has 1 N–H and O–H groups in total. The third-order valence-electron chi connectivity index (χ3n) is 5.60. The Labute approximate surface area is 181 Å². The molecule has 0 unspecified atom stereocenters. The standard InChI is InChI=1S/C24H26N4O3/c1-31-21-10-8-18(9-11-21)15-26-23(29)19-5-3-13-27(17-19)24(30)22-7-4-14-28(22)20-6-2-12-25-16-20/h2,4,6-12,14,16,19H,3,5,13,15,17H2,1H3,(H,26,29)/t19-/m0/s1. The zero-order valence-corrected chi connectivity index (χ0v) is 17.5. The third kappa shape index (κ3) is 4.77. The molecular weight excluding hydrogens is 392 g/mol. The second kappa shape index (κ2) is 9.47. The van der Waals surface area contributed by atoms with Crippen LogP contribution in [0, 0.1) is 5.92 Å². The van der Waals surface area contributed by atoms with Crippen molar-refractivity contribution in [2.45, 2.75) is 19.4 Å². The van der Waals surface area contributed by atoms with Crippen molar-refractivity contribution in [3.05, 3.63) is 78.4 Å². The number of benzene rings is 1. The maximum atomic E-state index is 13.2. The lowest BCUT2D eigenvalue weighted by molar-refractivity contribution is -0.126. The number of nitrogens with zero attached hydrogens (tertiary/aromatic N) is 3. The van der Waals surface area contributed by atoms with Crippen LogP contribution in [0.1, 0.15) is 28.9 Å². The van der Waals surface area contributed by atoms with Crippen LogP contribution in [0.3, 0.4) is 0 Å². The SMILES string of the molecule is COc1ccc(CNC(=O)[C@H]2CCCN(C(=O)c3cccn3-c3cccnc3)C2)cc1. The first-order chi connectivity index (χ1) is 15.2. The van der Waals surface area contributed by atoms with Crippen molar-refractivity contribution >= 4 is 11.8 Å². The zero-order chi connectivity index (χ0) is 21.6. The van der Waals surface area contributed by atoms with Crippen molar-refractivity contribution in [1.29, 1.82) is 0 Å². The lowest BCUT2D eigenvalue weighted by Crippen LogP contribution is -2.45. The molecule has 1 saturated heterocycles. The molecule has 1 aliphatic rings. The molecule has 0 radical (unpaired) electrons. The highest BCUT2D eigenvalue weighted by atomic mass is 16.5. The van der Waals surface area contributed by atoms with E-state index in [0.717, 1.165) is 29.8 Å². The molecule has 4 rings (SSSR count). The second-order valence-electron chi connectivity index (χ2n) is 7.63. The Bertz CT molecular complexity index is 1030. The summed E-state index contributed by atoms with van der Waals surface area (Å²) < 4.78 is 7.00. The summed E-state index contributed by atoms with van der Waals surface area (Å²) in [5.41, 5.74) is 2.42. The molecule has 2 aromatic heterocycles. The van der Waals surface area contributed by atoms with Gasteiger partial charge in [0.2, 0.25) is 5.91 Å². The molecule has 0 aliphatic carbocycles. The number of carbonyl (C=O) groups is 2. The molecule has 160 valence electrons. The van der Waals surface area contributed by atoms with Crippen LogP contribution in [-0.4, -0.2) is 46.5 Å². The smallest absolute Gasteiger partial charge is 0.270 e. The molecule has 0 saturated carbocycles. The summed E-state index contributed by atoms with van der Waals surface area (Å²) in [5, 5.41) is 3.01. The molecule has 1 aromatic carbocycles. The van der Waals surface area contributed by atoms with Crippen molar-refractivity contribution < 1.29 is 14.3 Å². The molecule has 1 atom stereocenters. The Kier molecular flexibility index (Phi) is 6.31. The molecule has 7 nitrogen and oxygen atoms in total.